The Balaban J connectivity index is 1.53. The zero-order valence-electron chi connectivity index (χ0n) is 15.3. The Morgan fingerprint density at radius 2 is 1.75 bits per heavy atom. The van der Waals surface area contributed by atoms with Crippen LogP contribution < -0.4 is 14.2 Å². The molecule has 1 saturated heterocycles. The Morgan fingerprint density at radius 3 is 2.39 bits per heavy atom. The maximum atomic E-state index is 12.7. The number of carbonyl (C=O) groups is 1. The molecule has 1 aliphatic heterocycles. The predicted octanol–water partition coefficient (Wildman–Crippen LogP) is 3.22. The molecule has 3 rings (SSSR count). The van der Waals surface area contributed by atoms with E-state index in [-0.39, 0.29) is 17.8 Å². The summed E-state index contributed by atoms with van der Waals surface area (Å²) in [6, 6.07) is 12.8. The SMILES string of the molecule is COc1ccc(OCC2CN(C(=O)c3ccc(OC(F)F)cc3)CCO2)cc1. The molecule has 1 fully saturated rings. The highest BCUT2D eigenvalue weighted by Crippen LogP contribution is 2.19. The largest absolute Gasteiger partial charge is 0.497 e. The molecule has 1 aliphatic rings. The molecule has 28 heavy (non-hydrogen) atoms. The summed E-state index contributed by atoms with van der Waals surface area (Å²) in [6.07, 6.45) is -0.263. The highest BCUT2D eigenvalue weighted by atomic mass is 19.3. The van der Waals surface area contributed by atoms with Gasteiger partial charge in [0.2, 0.25) is 0 Å². The van der Waals surface area contributed by atoms with Crippen LogP contribution in [0.3, 0.4) is 0 Å². The van der Waals surface area contributed by atoms with Crippen LogP contribution in [0.25, 0.3) is 0 Å². The van der Waals surface area contributed by atoms with Crippen molar-refractivity contribution in [3.8, 4) is 17.2 Å². The molecule has 1 unspecified atom stereocenters. The van der Waals surface area contributed by atoms with Gasteiger partial charge in [0.25, 0.3) is 5.91 Å². The lowest BCUT2D eigenvalue weighted by Crippen LogP contribution is -2.47. The summed E-state index contributed by atoms with van der Waals surface area (Å²) in [6.45, 7) is -1.36. The number of morpholine rings is 1. The van der Waals surface area contributed by atoms with Crippen molar-refractivity contribution in [2.45, 2.75) is 12.7 Å². The number of nitrogens with zero attached hydrogens (tertiary/aromatic N) is 1. The number of alkyl halides is 2. The van der Waals surface area contributed by atoms with Crippen molar-refractivity contribution in [3.63, 3.8) is 0 Å². The predicted molar refractivity (Wildman–Crippen MR) is 97.2 cm³/mol. The molecule has 6 nitrogen and oxygen atoms in total. The number of hydrogen-bond acceptors (Lipinski definition) is 5. The second-order valence-electron chi connectivity index (χ2n) is 6.13. The van der Waals surface area contributed by atoms with Crippen molar-refractivity contribution in [1.82, 2.24) is 4.90 Å². The van der Waals surface area contributed by atoms with Crippen molar-refractivity contribution < 1.29 is 32.5 Å². The van der Waals surface area contributed by atoms with Crippen LogP contribution in [-0.4, -0.2) is 56.9 Å². The number of hydrogen-bond donors (Lipinski definition) is 0. The first-order chi connectivity index (χ1) is 13.5. The number of rotatable bonds is 7. The van der Waals surface area contributed by atoms with E-state index in [0.717, 1.165) is 5.75 Å². The highest BCUT2D eigenvalue weighted by Gasteiger charge is 2.25. The number of amides is 1. The molecule has 0 saturated carbocycles. The van der Waals surface area contributed by atoms with Gasteiger partial charge in [-0.1, -0.05) is 0 Å². The second kappa shape index (κ2) is 9.36. The van der Waals surface area contributed by atoms with E-state index in [1.165, 1.54) is 24.3 Å². The van der Waals surface area contributed by atoms with Crippen molar-refractivity contribution in [2.24, 2.45) is 0 Å². The van der Waals surface area contributed by atoms with Gasteiger partial charge in [0.05, 0.1) is 20.3 Å². The third kappa shape index (κ3) is 5.32. The smallest absolute Gasteiger partial charge is 0.387 e. The van der Waals surface area contributed by atoms with Gasteiger partial charge in [0.1, 0.15) is 30.0 Å². The van der Waals surface area contributed by atoms with Gasteiger partial charge < -0.3 is 23.8 Å². The second-order valence-corrected chi connectivity index (χ2v) is 6.13. The lowest BCUT2D eigenvalue weighted by atomic mass is 10.1. The Kier molecular flexibility index (Phi) is 6.65. The van der Waals surface area contributed by atoms with E-state index in [1.807, 2.05) is 0 Å². The molecular weight excluding hydrogens is 372 g/mol. The molecule has 1 amide bonds. The third-order valence-corrected chi connectivity index (χ3v) is 4.25. The van der Waals surface area contributed by atoms with Gasteiger partial charge in [-0.3, -0.25) is 4.79 Å². The minimum Gasteiger partial charge on any atom is -0.497 e. The number of carbonyl (C=O) groups excluding carboxylic acids is 1. The van der Waals surface area contributed by atoms with Crippen molar-refractivity contribution in [1.29, 1.82) is 0 Å². The number of methoxy groups -OCH3 is 1. The molecule has 0 aliphatic carbocycles. The van der Waals surface area contributed by atoms with Crippen molar-refractivity contribution in [2.75, 3.05) is 33.4 Å². The van der Waals surface area contributed by atoms with Crippen molar-refractivity contribution >= 4 is 5.91 Å². The molecule has 0 radical (unpaired) electrons. The fraction of sp³-hybridized carbons (Fsp3) is 0.350. The van der Waals surface area contributed by atoms with Gasteiger partial charge in [-0.2, -0.15) is 8.78 Å². The standard InChI is InChI=1S/C20H21F2NO5/c1-25-15-6-8-16(9-7-15)27-13-18-12-23(10-11-26-18)19(24)14-2-4-17(5-3-14)28-20(21)22/h2-9,18,20H,10-13H2,1H3. The summed E-state index contributed by atoms with van der Waals surface area (Å²) in [5.41, 5.74) is 0.401. The van der Waals surface area contributed by atoms with Crippen molar-refractivity contribution in [3.05, 3.63) is 54.1 Å². The van der Waals surface area contributed by atoms with Crippen LogP contribution in [0.1, 0.15) is 10.4 Å². The van der Waals surface area contributed by atoms with Crippen LogP contribution in [0.5, 0.6) is 17.2 Å². The van der Waals surface area contributed by atoms with E-state index < -0.39 is 6.61 Å². The molecule has 1 heterocycles. The highest BCUT2D eigenvalue weighted by molar-refractivity contribution is 5.94. The molecule has 0 N–H and O–H groups in total. The average molecular weight is 393 g/mol. The Hall–Kier alpha value is -2.87. The fourth-order valence-electron chi connectivity index (χ4n) is 2.83. The van der Waals surface area contributed by atoms with Crippen LogP contribution in [-0.2, 0) is 4.74 Å². The molecular formula is C20H21F2NO5. The quantitative estimate of drug-likeness (QED) is 0.723. The normalized spacial score (nSPS) is 16.7. The lowest BCUT2D eigenvalue weighted by Gasteiger charge is -2.33. The Bertz CT molecular complexity index is 767. The monoisotopic (exact) mass is 393 g/mol. The molecule has 2 aromatic carbocycles. The number of halogens is 2. The first kappa shape index (κ1) is 19.9. The summed E-state index contributed by atoms with van der Waals surface area (Å²) in [4.78, 5) is 14.3. The summed E-state index contributed by atoms with van der Waals surface area (Å²) in [7, 11) is 1.59. The third-order valence-electron chi connectivity index (χ3n) is 4.25. The maximum absolute atomic E-state index is 12.7. The zero-order chi connectivity index (χ0) is 19.9. The average Bonchev–Trinajstić information content (AvgIpc) is 2.72. The van der Waals surface area contributed by atoms with Gasteiger partial charge in [-0.05, 0) is 48.5 Å². The summed E-state index contributed by atoms with van der Waals surface area (Å²) >= 11 is 0. The topological polar surface area (TPSA) is 57.2 Å². The van der Waals surface area contributed by atoms with E-state index in [4.69, 9.17) is 14.2 Å². The van der Waals surface area contributed by atoms with E-state index in [0.29, 0.717) is 37.6 Å². The summed E-state index contributed by atoms with van der Waals surface area (Å²) in [5.74, 6) is 1.24. The Morgan fingerprint density at radius 1 is 1.11 bits per heavy atom. The Labute approximate surface area is 161 Å². The van der Waals surface area contributed by atoms with E-state index in [1.54, 1.807) is 36.3 Å². The fourth-order valence-corrected chi connectivity index (χ4v) is 2.83. The van der Waals surface area contributed by atoms with E-state index >= 15 is 0 Å². The molecule has 0 bridgehead atoms. The molecule has 8 heteroatoms. The molecule has 0 spiro atoms. The molecule has 0 aromatic heterocycles. The number of benzene rings is 2. The van der Waals surface area contributed by atoms with E-state index in [2.05, 4.69) is 4.74 Å². The maximum Gasteiger partial charge on any atom is 0.387 e. The van der Waals surface area contributed by atoms with Gasteiger partial charge in [-0.25, -0.2) is 0 Å². The summed E-state index contributed by atoms with van der Waals surface area (Å²) < 4.78 is 45.2. The van der Waals surface area contributed by atoms with Crippen LogP contribution in [0, 0.1) is 0 Å². The van der Waals surface area contributed by atoms with Gasteiger partial charge in [-0.15, -0.1) is 0 Å². The molecule has 150 valence electrons. The minimum absolute atomic E-state index is 0.0132. The minimum atomic E-state index is -2.90. The van der Waals surface area contributed by atoms with Gasteiger partial charge >= 0.3 is 6.61 Å². The van der Waals surface area contributed by atoms with Crippen LogP contribution >= 0.6 is 0 Å². The lowest BCUT2D eigenvalue weighted by molar-refractivity contribution is -0.0498. The number of ether oxygens (including phenoxy) is 4. The van der Waals surface area contributed by atoms with Gasteiger partial charge in [0.15, 0.2) is 0 Å². The molecule has 1 atom stereocenters. The summed E-state index contributed by atoms with van der Waals surface area (Å²) in [5, 5.41) is 0. The van der Waals surface area contributed by atoms with Crippen LogP contribution in [0.15, 0.2) is 48.5 Å². The first-order valence-electron chi connectivity index (χ1n) is 8.78. The van der Waals surface area contributed by atoms with E-state index in [9.17, 15) is 13.6 Å². The van der Waals surface area contributed by atoms with Crippen LogP contribution in [0.2, 0.25) is 0 Å². The van der Waals surface area contributed by atoms with Crippen LogP contribution in [0.4, 0.5) is 8.78 Å². The first-order valence-corrected chi connectivity index (χ1v) is 8.78. The zero-order valence-corrected chi connectivity index (χ0v) is 15.3. The van der Waals surface area contributed by atoms with Gasteiger partial charge in [0, 0.05) is 12.1 Å². The molecule has 2 aromatic rings.